The summed E-state index contributed by atoms with van der Waals surface area (Å²) in [6, 6.07) is 20.9. The Morgan fingerprint density at radius 3 is 2.32 bits per heavy atom. The summed E-state index contributed by atoms with van der Waals surface area (Å²) in [5, 5.41) is 10.1. The average Bonchev–Trinajstić information content (AvgIpc) is 2.78. The zero-order chi connectivity index (χ0) is 22.4. The van der Waals surface area contributed by atoms with Gasteiger partial charge in [-0.15, -0.1) is 0 Å². The maximum absolute atomic E-state index is 12.5. The van der Waals surface area contributed by atoms with Crippen LogP contribution in [0.4, 0.5) is 16.2 Å². The van der Waals surface area contributed by atoms with Crippen molar-refractivity contribution >= 4 is 46.1 Å². The fourth-order valence-electron chi connectivity index (χ4n) is 2.67. The molecule has 0 heterocycles. The van der Waals surface area contributed by atoms with Gasteiger partial charge in [-0.1, -0.05) is 55.3 Å². The number of rotatable bonds is 7. The number of thiol groups is 1. The van der Waals surface area contributed by atoms with Gasteiger partial charge in [0.2, 0.25) is 10.0 Å². The first-order valence-electron chi connectivity index (χ1n) is 9.14. The van der Waals surface area contributed by atoms with Crippen molar-refractivity contribution in [3.8, 4) is 0 Å². The molecule has 3 aromatic rings. The molecule has 10 heteroatoms. The Labute approximate surface area is 186 Å². The van der Waals surface area contributed by atoms with E-state index < -0.39 is 16.1 Å². The Balaban J connectivity index is 1.65. The lowest BCUT2D eigenvalue weighted by Crippen LogP contribution is -2.27. The molecule has 0 saturated carbocycles. The van der Waals surface area contributed by atoms with Crippen molar-refractivity contribution in [3.05, 3.63) is 90.0 Å². The van der Waals surface area contributed by atoms with Crippen LogP contribution >= 0.6 is 12.8 Å². The van der Waals surface area contributed by atoms with Crippen LogP contribution in [0.25, 0.3) is 0 Å². The molecule has 0 bridgehead atoms. The topological polar surface area (TPSA) is 128 Å². The maximum atomic E-state index is 12.5. The van der Waals surface area contributed by atoms with Crippen molar-refractivity contribution in [1.29, 1.82) is 5.41 Å². The second-order valence-corrected chi connectivity index (χ2v) is 8.71. The molecule has 160 valence electrons. The first kappa shape index (κ1) is 22.3. The van der Waals surface area contributed by atoms with Gasteiger partial charge in [0.25, 0.3) is 0 Å². The van der Waals surface area contributed by atoms with Gasteiger partial charge in [0.05, 0.1) is 10.6 Å². The molecule has 0 radical (unpaired) electrons. The lowest BCUT2D eigenvalue weighted by Gasteiger charge is -2.17. The molecule has 31 heavy (non-hydrogen) atoms. The highest BCUT2D eigenvalue weighted by Crippen LogP contribution is 2.20. The number of nitrogens with one attached hydrogen (secondary N) is 3. The smallest absolute Gasteiger partial charge is 0.336 e. The van der Waals surface area contributed by atoms with E-state index in [0.717, 1.165) is 9.87 Å². The van der Waals surface area contributed by atoms with Crippen molar-refractivity contribution in [3.63, 3.8) is 0 Å². The highest BCUT2D eigenvalue weighted by molar-refractivity contribution is 7.89. The van der Waals surface area contributed by atoms with Crippen LogP contribution < -0.4 is 20.1 Å². The third-order valence-corrected chi connectivity index (χ3v) is 6.15. The van der Waals surface area contributed by atoms with Crippen molar-refractivity contribution in [2.45, 2.75) is 11.4 Å². The van der Waals surface area contributed by atoms with Crippen LogP contribution in [0.3, 0.4) is 0 Å². The zero-order valence-corrected chi connectivity index (χ0v) is 18.0. The number of carbonyl (C=O) groups is 1. The first-order chi connectivity index (χ1) is 14.8. The van der Waals surface area contributed by atoms with Gasteiger partial charge in [-0.05, 0) is 42.0 Å². The van der Waals surface area contributed by atoms with Gasteiger partial charge >= 0.3 is 6.03 Å². The fourth-order valence-corrected chi connectivity index (χ4v) is 3.87. The monoisotopic (exact) mass is 455 g/mol. The van der Waals surface area contributed by atoms with E-state index >= 15 is 0 Å². The minimum Gasteiger partial charge on any atom is -0.384 e. The number of sulfonamides is 1. The summed E-state index contributed by atoms with van der Waals surface area (Å²) >= 11 is 4.19. The van der Waals surface area contributed by atoms with Crippen molar-refractivity contribution in [1.82, 2.24) is 4.72 Å². The molecule has 0 aliphatic rings. The summed E-state index contributed by atoms with van der Waals surface area (Å²) in [4.78, 5) is 12.5. The summed E-state index contributed by atoms with van der Waals surface area (Å²) in [6.45, 7) is 0.176. The third-order valence-electron chi connectivity index (χ3n) is 4.32. The maximum Gasteiger partial charge on any atom is 0.336 e. The molecule has 0 aliphatic carbocycles. The summed E-state index contributed by atoms with van der Waals surface area (Å²) in [6.07, 6.45) is 0. The molecule has 0 unspecified atom stereocenters. The second kappa shape index (κ2) is 9.65. The number of nitrogens with zero attached hydrogens (tertiary/aromatic N) is 1. The standard InChI is InChI=1S/C21H21N5O3S2/c22-20(23)16-7-4-8-18(13-16)26(30)21(27)25-17-9-11-19(12-10-17)31(28,29)24-14-15-5-2-1-3-6-15/h1-13,24,30H,14H2,(H3,22,23)(H,25,27). The molecule has 0 atom stereocenters. The molecule has 0 aliphatic heterocycles. The van der Waals surface area contributed by atoms with Crippen LogP contribution in [0.2, 0.25) is 0 Å². The van der Waals surface area contributed by atoms with E-state index in [1.165, 1.54) is 24.3 Å². The lowest BCUT2D eigenvalue weighted by molar-refractivity contribution is 0.260. The van der Waals surface area contributed by atoms with Crippen LogP contribution in [-0.2, 0) is 16.6 Å². The number of hydrogen-bond donors (Lipinski definition) is 5. The molecular weight excluding hydrogens is 434 g/mol. The highest BCUT2D eigenvalue weighted by Gasteiger charge is 2.16. The molecular formula is C21H21N5O3S2. The Kier molecular flexibility index (Phi) is 6.95. The molecule has 0 aromatic heterocycles. The number of benzene rings is 3. The molecule has 8 nitrogen and oxygen atoms in total. The quantitative estimate of drug-likeness (QED) is 0.213. The largest absolute Gasteiger partial charge is 0.384 e. The van der Waals surface area contributed by atoms with E-state index in [9.17, 15) is 13.2 Å². The number of nitrogens with two attached hydrogens (primary N) is 1. The van der Waals surface area contributed by atoms with Gasteiger partial charge in [-0.2, -0.15) is 0 Å². The number of nitrogen functional groups attached to an aromatic ring is 1. The normalized spacial score (nSPS) is 11.0. The van der Waals surface area contributed by atoms with E-state index in [4.69, 9.17) is 11.1 Å². The fraction of sp³-hybridized carbons (Fsp3) is 0.0476. The minimum absolute atomic E-state index is 0.0818. The van der Waals surface area contributed by atoms with Gasteiger partial charge in [0.15, 0.2) is 0 Å². The summed E-state index contributed by atoms with van der Waals surface area (Å²) in [5.74, 6) is -0.123. The molecule has 0 saturated heterocycles. The Morgan fingerprint density at radius 1 is 1.00 bits per heavy atom. The minimum atomic E-state index is -3.70. The Bertz CT molecular complexity index is 1180. The van der Waals surface area contributed by atoms with E-state index in [0.29, 0.717) is 16.9 Å². The molecule has 0 fully saturated rings. The molecule has 0 spiro atoms. The third kappa shape index (κ3) is 5.85. The van der Waals surface area contributed by atoms with Gasteiger partial charge in [-0.3, -0.25) is 5.41 Å². The number of carbonyl (C=O) groups excluding carboxylic acids is 1. The molecule has 2 amide bonds. The SMILES string of the molecule is N=C(N)c1cccc(N(S)C(=O)Nc2ccc(S(=O)(=O)NCc3ccccc3)cc2)c1. The predicted octanol–water partition coefficient (Wildman–Crippen LogP) is 3.33. The van der Waals surface area contributed by atoms with Crippen LogP contribution in [-0.4, -0.2) is 20.3 Å². The molecule has 3 aromatic carbocycles. The van der Waals surface area contributed by atoms with E-state index in [1.54, 1.807) is 24.3 Å². The van der Waals surface area contributed by atoms with Gasteiger partial charge in [0, 0.05) is 17.8 Å². The second-order valence-electron chi connectivity index (χ2n) is 6.54. The van der Waals surface area contributed by atoms with Gasteiger partial charge < -0.3 is 11.1 Å². The number of hydrogen-bond acceptors (Lipinski definition) is 5. The number of amidine groups is 1. The number of urea groups is 1. The van der Waals surface area contributed by atoms with Crippen LogP contribution in [0, 0.1) is 5.41 Å². The van der Waals surface area contributed by atoms with Gasteiger partial charge in [-0.25, -0.2) is 22.2 Å². The van der Waals surface area contributed by atoms with Crippen molar-refractivity contribution in [2.24, 2.45) is 5.73 Å². The van der Waals surface area contributed by atoms with E-state index in [-0.39, 0.29) is 17.3 Å². The number of amides is 2. The zero-order valence-electron chi connectivity index (χ0n) is 16.3. The highest BCUT2D eigenvalue weighted by atomic mass is 32.2. The van der Waals surface area contributed by atoms with Crippen molar-refractivity contribution in [2.75, 3.05) is 9.62 Å². The van der Waals surface area contributed by atoms with Crippen LogP contribution in [0.1, 0.15) is 11.1 Å². The summed E-state index contributed by atoms with van der Waals surface area (Å²) < 4.78 is 28.6. The average molecular weight is 456 g/mol. The first-order valence-corrected chi connectivity index (χ1v) is 11.0. The van der Waals surface area contributed by atoms with E-state index in [1.807, 2.05) is 30.3 Å². The molecule has 5 N–H and O–H groups in total. The lowest BCUT2D eigenvalue weighted by atomic mass is 10.2. The molecule has 3 rings (SSSR count). The van der Waals surface area contributed by atoms with Crippen LogP contribution in [0.5, 0.6) is 0 Å². The summed E-state index contributed by atoms with van der Waals surface area (Å²) in [7, 11) is -3.70. The Hall–Kier alpha value is -3.34. The van der Waals surface area contributed by atoms with E-state index in [2.05, 4.69) is 22.9 Å². The van der Waals surface area contributed by atoms with Crippen LogP contribution in [0.15, 0.2) is 83.8 Å². The van der Waals surface area contributed by atoms with Crippen molar-refractivity contribution < 1.29 is 13.2 Å². The number of anilines is 2. The summed E-state index contributed by atoms with van der Waals surface area (Å²) in [5.41, 5.74) is 7.60. The van der Waals surface area contributed by atoms with Gasteiger partial charge in [0.1, 0.15) is 5.84 Å². The predicted molar refractivity (Wildman–Crippen MR) is 125 cm³/mol. The Morgan fingerprint density at radius 2 is 1.68 bits per heavy atom.